The maximum absolute atomic E-state index is 11.3. The lowest BCUT2D eigenvalue weighted by molar-refractivity contribution is -0.116. The second kappa shape index (κ2) is 3.01. The number of amides is 1. The third-order valence-electron chi connectivity index (χ3n) is 2.63. The molecule has 1 aromatic rings. The van der Waals surface area contributed by atoms with Crippen molar-refractivity contribution in [3.63, 3.8) is 0 Å². The minimum atomic E-state index is 0.0561. The second-order valence-corrected chi connectivity index (χ2v) is 3.97. The fourth-order valence-corrected chi connectivity index (χ4v) is 1.95. The van der Waals surface area contributed by atoms with E-state index in [4.69, 9.17) is 5.73 Å². The number of hydrogen-bond donors (Lipinski definition) is 2. The number of nitrogens with two attached hydrogens (primary N) is 1. The molecule has 3 heteroatoms. The van der Waals surface area contributed by atoms with Crippen LogP contribution in [0.25, 0.3) is 0 Å². The highest BCUT2D eigenvalue weighted by molar-refractivity contribution is 5.98. The first kappa shape index (κ1) is 9.06. The molecular formula is C11H14N2O. The summed E-state index contributed by atoms with van der Waals surface area (Å²) in [6.07, 6.45) is 0.551. The first-order valence-electron chi connectivity index (χ1n) is 4.78. The van der Waals surface area contributed by atoms with Gasteiger partial charge in [0.25, 0.3) is 0 Å². The second-order valence-electron chi connectivity index (χ2n) is 3.97. The van der Waals surface area contributed by atoms with Crippen LogP contribution >= 0.6 is 0 Å². The number of carbonyl (C=O) groups is 1. The van der Waals surface area contributed by atoms with Crippen molar-refractivity contribution in [3.8, 4) is 0 Å². The van der Waals surface area contributed by atoms with Gasteiger partial charge in [0.15, 0.2) is 0 Å². The molecule has 1 aliphatic rings. The summed E-state index contributed by atoms with van der Waals surface area (Å²) in [5, 5.41) is 2.82. The Hall–Kier alpha value is -1.51. The van der Waals surface area contributed by atoms with Gasteiger partial charge in [0, 0.05) is 6.42 Å². The smallest absolute Gasteiger partial charge is 0.225 e. The van der Waals surface area contributed by atoms with Crippen LogP contribution in [0.1, 0.15) is 30.4 Å². The number of carbonyl (C=O) groups excluding carboxylic acids is 1. The standard InChI is InChI=1S/C11H14N2O/c1-6-3-8-7(2)5-10(14)13-11(8)9(12)4-6/h3-4,7H,5,12H2,1-2H3,(H,13,14). The highest BCUT2D eigenvalue weighted by atomic mass is 16.1. The first-order chi connectivity index (χ1) is 6.58. The normalized spacial score (nSPS) is 20.1. The van der Waals surface area contributed by atoms with Crippen molar-refractivity contribution in [1.29, 1.82) is 0 Å². The Morgan fingerprint density at radius 3 is 2.93 bits per heavy atom. The Labute approximate surface area is 83.3 Å². The molecule has 1 unspecified atom stereocenters. The monoisotopic (exact) mass is 190 g/mol. The third-order valence-corrected chi connectivity index (χ3v) is 2.63. The zero-order chi connectivity index (χ0) is 10.3. The molecule has 1 aromatic carbocycles. The van der Waals surface area contributed by atoms with Gasteiger partial charge in [-0.3, -0.25) is 4.79 Å². The van der Waals surface area contributed by atoms with E-state index in [1.54, 1.807) is 0 Å². The number of benzene rings is 1. The minimum Gasteiger partial charge on any atom is -0.397 e. The fraction of sp³-hybridized carbons (Fsp3) is 0.364. The predicted molar refractivity (Wildman–Crippen MR) is 57.3 cm³/mol. The van der Waals surface area contributed by atoms with E-state index >= 15 is 0 Å². The zero-order valence-electron chi connectivity index (χ0n) is 8.42. The average molecular weight is 190 g/mol. The fourth-order valence-electron chi connectivity index (χ4n) is 1.95. The number of aryl methyl sites for hydroxylation is 1. The highest BCUT2D eigenvalue weighted by Crippen LogP contribution is 2.36. The van der Waals surface area contributed by atoms with Crippen LogP contribution in [0.3, 0.4) is 0 Å². The van der Waals surface area contributed by atoms with E-state index in [0.717, 1.165) is 16.8 Å². The molecule has 74 valence electrons. The van der Waals surface area contributed by atoms with Gasteiger partial charge in [-0.25, -0.2) is 0 Å². The van der Waals surface area contributed by atoms with Crippen LogP contribution in [0.4, 0.5) is 11.4 Å². The molecule has 0 bridgehead atoms. The van der Waals surface area contributed by atoms with Gasteiger partial charge in [0.2, 0.25) is 5.91 Å². The highest BCUT2D eigenvalue weighted by Gasteiger charge is 2.23. The lowest BCUT2D eigenvalue weighted by atomic mass is 9.90. The number of fused-ring (bicyclic) bond motifs is 1. The lowest BCUT2D eigenvalue weighted by Gasteiger charge is -2.24. The van der Waals surface area contributed by atoms with Crippen molar-refractivity contribution >= 4 is 17.3 Å². The van der Waals surface area contributed by atoms with Crippen molar-refractivity contribution in [3.05, 3.63) is 23.3 Å². The number of anilines is 2. The maximum atomic E-state index is 11.3. The topological polar surface area (TPSA) is 55.1 Å². The summed E-state index contributed by atoms with van der Waals surface area (Å²) in [7, 11) is 0. The Morgan fingerprint density at radius 2 is 2.21 bits per heavy atom. The molecule has 0 aromatic heterocycles. The van der Waals surface area contributed by atoms with Crippen LogP contribution < -0.4 is 11.1 Å². The molecule has 1 aliphatic heterocycles. The molecule has 1 atom stereocenters. The van der Waals surface area contributed by atoms with Crippen LogP contribution in [-0.2, 0) is 4.79 Å². The number of rotatable bonds is 0. The van der Waals surface area contributed by atoms with Crippen LogP contribution in [0.15, 0.2) is 12.1 Å². The summed E-state index contributed by atoms with van der Waals surface area (Å²) in [5.41, 5.74) is 9.62. The van der Waals surface area contributed by atoms with Crippen molar-refractivity contribution in [1.82, 2.24) is 0 Å². The number of nitrogen functional groups attached to an aromatic ring is 1. The summed E-state index contributed by atoms with van der Waals surface area (Å²) in [6.45, 7) is 4.07. The average Bonchev–Trinajstić information content (AvgIpc) is 2.07. The van der Waals surface area contributed by atoms with E-state index in [1.165, 1.54) is 0 Å². The molecule has 0 saturated carbocycles. The Bertz CT molecular complexity index is 399. The van der Waals surface area contributed by atoms with Gasteiger partial charge >= 0.3 is 0 Å². The molecular weight excluding hydrogens is 176 g/mol. The molecule has 3 nitrogen and oxygen atoms in total. The van der Waals surface area contributed by atoms with E-state index in [2.05, 4.69) is 18.3 Å². The van der Waals surface area contributed by atoms with Gasteiger partial charge < -0.3 is 11.1 Å². The summed E-state index contributed by atoms with van der Waals surface area (Å²) in [4.78, 5) is 11.3. The number of hydrogen-bond acceptors (Lipinski definition) is 2. The Morgan fingerprint density at radius 1 is 1.50 bits per heavy atom. The Kier molecular flexibility index (Phi) is 1.95. The molecule has 2 rings (SSSR count). The van der Waals surface area contributed by atoms with Gasteiger partial charge in [-0.05, 0) is 30.0 Å². The molecule has 0 spiro atoms. The molecule has 1 amide bonds. The van der Waals surface area contributed by atoms with E-state index in [0.29, 0.717) is 12.1 Å². The van der Waals surface area contributed by atoms with Crippen molar-refractivity contribution < 1.29 is 4.79 Å². The predicted octanol–water partition coefficient (Wildman–Crippen LogP) is 2.02. The van der Waals surface area contributed by atoms with Crippen LogP contribution in [0.5, 0.6) is 0 Å². The van der Waals surface area contributed by atoms with Gasteiger partial charge in [0.05, 0.1) is 11.4 Å². The van der Waals surface area contributed by atoms with Gasteiger partial charge in [0.1, 0.15) is 0 Å². The largest absolute Gasteiger partial charge is 0.397 e. The van der Waals surface area contributed by atoms with Crippen molar-refractivity contribution in [2.45, 2.75) is 26.2 Å². The van der Waals surface area contributed by atoms with E-state index < -0.39 is 0 Å². The van der Waals surface area contributed by atoms with Gasteiger partial charge in [-0.2, -0.15) is 0 Å². The number of nitrogens with one attached hydrogen (secondary N) is 1. The minimum absolute atomic E-state index is 0.0561. The SMILES string of the molecule is Cc1cc(N)c2c(c1)C(C)CC(=O)N2. The van der Waals surface area contributed by atoms with Crippen molar-refractivity contribution in [2.24, 2.45) is 0 Å². The third kappa shape index (κ3) is 1.35. The summed E-state index contributed by atoms with van der Waals surface area (Å²) < 4.78 is 0. The van der Waals surface area contributed by atoms with Crippen LogP contribution in [0.2, 0.25) is 0 Å². The maximum Gasteiger partial charge on any atom is 0.225 e. The van der Waals surface area contributed by atoms with E-state index in [9.17, 15) is 4.79 Å². The Balaban J connectivity index is 2.58. The summed E-state index contributed by atoms with van der Waals surface area (Å²) >= 11 is 0. The quantitative estimate of drug-likeness (QED) is 0.615. The van der Waals surface area contributed by atoms with Crippen LogP contribution in [-0.4, -0.2) is 5.91 Å². The molecule has 0 saturated heterocycles. The zero-order valence-corrected chi connectivity index (χ0v) is 8.42. The molecule has 0 radical (unpaired) electrons. The van der Waals surface area contributed by atoms with Crippen LogP contribution in [0, 0.1) is 6.92 Å². The van der Waals surface area contributed by atoms with Gasteiger partial charge in [-0.15, -0.1) is 0 Å². The summed E-state index contributed by atoms with van der Waals surface area (Å²) in [6, 6.07) is 3.98. The lowest BCUT2D eigenvalue weighted by Crippen LogP contribution is -2.22. The molecule has 1 heterocycles. The molecule has 0 aliphatic carbocycles. The summed E-state index contributed by atoms with van der Waals surface area (Å²) in [5.74, 6) is 0.321. The first-order valence-corrected chi connectivity index (χ1v) is 4.78. The van der Waals surface area contributed by atoms with Gasteiger partial charge in [-0.1, -0.05) is 13.0 Å². The van der Waals surface area contributed by atoms with E-state index in [1.807, 2.05) is 13.0 Å². The molecule has 0 fully saturated rings. The molecule has 14 heavy (non-hydrogen) atoms. The molecule has 3 N–H and O–H groups in total. The van der Waals surface area contributed by atoms with E-state index in [-0.39, 0.29) is 11.8 Å². The van der Waals surface area contributed by atoms with Crippen molar-refractivity contribution in [2.75, 3.05) is 11.1 Å².